The van der Waals surface area contributed by atoms with Gasteiger partial charge in [0.15, 0.2) is 0 Å². The van der Waals surface area contributed by atoms with E-state index in [9.17, 15) is 4.39 Å². The monoisotopic (exact) mass is 432 g/mol. The highest BCUT2D eigenvalue weighted by atomic mass is 28.4. The maximum atomic E-state index is 12.2. The van der Waals surface area contributed by atoms with Gasteiger partial charge in [0.2, 0.25) is 0 Å². The zero-order chi connectivity index (χ0) is 21.6. The SMILES string of the molecule is CCCCCCCCCCCCC(CCCCCCCF)O[Si](C)(CCC)OC. The topological polar surface area (TPSA) is 18.5 Å². The molecule has 0 saturated heterocycles. The van der Waals surface area contributed by atoms with Crippen molar-refractivity contribution in [3.63, 3.8) is 0 Å². The fourth-order valence-corrected chi connectivity index (χ4v) is 6.40. The normalized spacial score (nSPS) is 14.8. The summed E-state index contributed by atoms with van der Waals surface area (Å²) in [5, 5.41) is 0. The first-order chi connectivity index (χ1) is 14.1. The summed E-state index contributed by atoms with van der Waals surface area (Å²) in [5.41, 5.74) is 0. The minimum absolute atomic E-state index is 0.167. The first-order valence-electron chi connectivity index (χ1n) is 12.9. The zero-order valence-electron chi connectivity index (χ0n) is 20.4. The first-order valence-corrected chi connectivity index (χ1v) is 15.4. The summed E-state index contributed by atoms with van der Waals surface area (Å²) in [6.07, 6.45) is 22.9. The molecule has 29 heavy (non-hydrogen) atoms. The molecule has 0 saturated carbocycles. The van der Waals surface area contributed by atoms with Crippen LogP contribution in [0, 0.1) is 0 Å². The van der Waals surface area contributed by atoms with E-state index in [1.165, 1.54) is 83.5 Å². The lowest BCUT2D eigenvalue weighted by Gasteiger charge is -2.30. The minimum Gasteiger partial charge on any atom is -0.398 e. The summed E-state index contributed by atoms with van der Waals surface area (Å²) in [7, 11) is -0.185. The molecule has 0 aromatic rings. The molecule has 0 rings (SSSR count). The van der Waals surface area contributed by atoms with E-state index in [1.54, 1.807) is 0 Å². The smallest absolute Gasteiger partial charge is 0.334 e. The summed E-state index contributed by atoms with van der Waals surface area (Å²) in [5.74, 6) is 0. The van der Waals surface area contributed by atoms with Gasteiger partial charge in [-0.2, -0.15) is 0 Å². The Morgan fingerprint density at radius 2 is 1.10 bits per heavy atom. The lowest BCUT2D eigenvalue weighted by molar-refractivity contribution is 0.113. The Morgan fingerprint density at radius 3 is 1.52 bits per heavy atom. The molecule has 0 radical (unpaired) electrons. The van der Waals surface area contributed by atoms with Gasteiger partial charge in [-0.25, -0.2) is 0 Å². The molecule has 0 aliphatic heterocycles. The Kier molecular flexibility index (Phi) is 21.4. The van der Waals surface area contributed by atoms with Gasteiger partial charge >= 0.3 is 8.56 Å². The predicted octanol–water partition coefficient (Wildman–Crippen LogP) is 9.12. The van der Waals surface area contributed by atoms with Crippen molar-refractivity contribution < 1.29 is 13.2 Å². The van der Waals surface area contributed by atoms with Crippen LogP contribution in [0.4, 0.5) is 4.39 Å². The van der Waals surface area contributed by atoms with Gasteiger partial charge in [0.1, 0.15) is 0 Å². The van der Waals surface area contributed by atoms with Gasteiger partial charge in [-0.05, 0) is 31.9 Å². The van der Waals surface area contributed by atoms with Gasteiger partial charge in [0.25, 0.3) is 0 Å². The standard InChI is InChI=1S/C25H53FO2Si/c1-5-7-8-9-10-11-12-13-15-18-21-25(22-19-16-14-17-20-23-26)28-29(4,27-3)24-6-2/h25H,5-24H2,1-4H3. The van der Waals surface area contributed by atoms with Gasteiger partial charge in [-0.1, -0.05) is 110 Å². The van der Waals surface area contributed by atoms with Crippen molar-refractivity contribution in [2.75, 3.05) is 13.8 Å². The highest BCUT2D eigenvalue weighted by molar-refractivity contribution is 6.66. The predicted molar refractivity (Wildman–Crippen MR) is 129 cm³/mol. The van der Waals surface area contributed by atoms with Crippen LogP contribution in [0.1, 0.15) is 129 Å². The molecule has 0 spiro atoms. The van der Waals surface area contributed by atoms with E-state index in [4.69, 9.17) is 8.85 Å². The third kappa shape index (κ3) is 18.5. The largest absolute Gasteiger partial charge is 0.398 e. The Hall–Kier alpha value is 0.0669. The second kappa shape index (κ2) is 21.3. The van der Waals surface area contributed by atoms with Gasteiger partial charge in [-0.15, -0.1) is 0 Å². The molecule has 2 unspecified atom stereocenters. The second-order valence-electron chi connectivity index (χ2n) is 9.04. The molecule has 4 heteroatoms. The number of rotatable bonds is 23. The molecule has 2 nitrogen and oxygen atoms in total. The van der Waals surface area contributed by atoms with Crippen molar-refractivity contribution in [3.05, 3.63) is 0 Å². The molecule has 0 aliphatic carbocycles. The molecule has 0 N–H and O–H groups in total. The molecule has 0 aromatic heterocycles. The third-order valence-corrected chi connectivity index (χ3v) is 9.20. The van der Waals surface area contributed by atoms with Crippen LogP contribution < -0.4 is 0 Å². The number of hydrogen-bond acceptors (Lipinski definition) is 2. The van der Waals surface area contributed by atoms with E-state index in [0.29, 0.717) is 6.10 Å². The van der Waals surface area contributed by atoms with E-state index < -0.39 is 8.56 Å². The average molecular weight is 433 g/mol. The molecule has 0 aliphatic rings. The van der Waals surface area contributed by atoms with Gasteiger partial charge in [0.05, 0.1) is 6.67 Å². The number of hydrogen-bond donors (Lipinski definition) is 0. The highest BCUT2D eigenvalue weighted by Gasteiger charge is 2.32. The summed E-state index contributed by atoms with van der Waals surface area (Å²) in [6, 6.07) is 1.08. The Morgan fingerprint density at radius 1 is 0.655 bits per heavy atom. The van der Waals surface area contributed by atoms with Crippen molar-refractivity contribution in [1.82, 2.24) is 0 Å². The van der Waals surface area contributed by atoms with Gasteiger partial charge < -0.3 is 8.85 Å². The minimum atomic E-state index is -2.01. The van der Waals surface area contributed by atoms with Crippen LogP contribution in [0.3, 0.4) is 0 Å². The summed E-state index contributed by atoms with van der Waals surface area (Å²) in [6.45, 7) is 6.56. The van der Waals surface area contributed by atoms with E-state index in [2.05, 4.69) is 20.4 Å². The maximum Gasteiger partial charge on any atom is 0.334 e. The molecule has 0 bridgehead atoms. The van der Waals surface area contributed by atoms with Crippen molar-refractivity contribution in [1.29, 1.82) is 0 Å². The lowest BCUT2D eigenvalue weighted by Crippen LogP contribution is -2.41. The molecule has 0 fully saturated rings. The van der Waals surface area contributed by atoms with E-state index in [0.717, 1.165) is 38.1 Å². The highest BCUT2D eigenvalue weighted by Crippen LogP contribution is 2.23. The third-order valence-electron chi connectivity index (χ3n) is 6.09. The summed E-state index contributed by atoms with van der Waals surface area (Å²) in [4.78, 5) is 0. The number of halogens is 1. The molecular formula is C25H53FO2Si. The van der Waals surface area contributed by atoms with Crippen molar-refractivity contribution >= 4 is 8.56 Å². The van der Waals surface area contributed by atoms with Crippen LogP contribution in [-0.2, 0) is 8.85 Å². The molecule has 0 aromatic carbocycles. The van der Waals surface area contributed by atoms with E-state index in [1.807, 2.05) is 7.11 Å². The van der Waals surface area contributed by atoms with Crippen LogP contribution in [-0.4, -0.2) is 28.4 Å². The van der Waals surface area contributed by atoms with Crippen molar-refractivity contribution in [3.8, 4) is 0 Å². The van der Waals surface area contributed by atoms with Crippen LogP contribution in [0.2, 0.25) is 12.6 Å². The molecule has 0 heterocycles. The first kappa shape index (κ1) is 29.1. The van der Waals surface area contributed by atoms with Gasteiger partial charge in [-0.3, -0.25) is 4.39 Å². The van der Waals surface area contributed by atoms with Crippen LogP contribution in [0.5, 0.6) is 0 Å². The fraction of sp³-hybridized carbons (Fsp3) is 1.00. The number of unbranched alkanes of at least 4 members (excludes halogenated alkanes) is 13. The second-order valence-corrected chi connectivity index (χ2v) is 12.5. The Bertz CT molecular complexity index is 330. The van der Waals surface area contributed by atoms with Crippen molar-refractivity contribution in [2.45, 2.75) is 148 Å². The van der Waals surface area contributed by atoms with E-state index in [-0.39, 0.29) is 6.67 Å². The average Bonchev–Trinajstić information content (AvgIpc) is 2.71. The molecule has 176 valence electrons. The maximum absolute atomic E-state index is 12.2. The van der Waals surface area contributed by atoms with E-state index >= 15 is 0 Å². The fourth-order valence-electron chi connectivity index (χ4n) is 4.13. The Balaban J connectivity index is 4.07. The number of alkyl halides is 1. The molecule has 2 atom stereocenters. The zero-order valence-corrected chi connectivity index (χ0v) is 21.4. The molecular weight excluding hydrogens is 379 g/mol. The van der Waals surface area contributed by atoms with Crippen molar-refractivity contribution in [2.24, 2.45) is 0 Å². The Labute approximate surface area is 184 Å². The lowest BCUT2D eigenvalue weighted by atomic mass is 10.0. The molecule has 0 amide bonds. The van der Waals surface area contributed by atoms with Crippen LogP contribution in [0.15, 0.2) is 0 Å². The van der Waals surface area contributed by atoms with Gasteiger partial charge in [0, 0.05) is 13.2 Å². The van der Waals surface area contributed by atoms with Crippen LogP contribution >= 0.6 is 0 Å². The summed E-state index contributed by atoms with van der Waals surface area (Å²) >= 11 is 0. The quantitative estimate of drug-likeness (QED) is 0.118. The van der Waals surface area contributed by atoms with Crippen LogP contribution in [0.25, 0.3) is 0 Å². The summed E-state index contributed by atoms with van der Waals surface area (Å²) < 4.78 is 24.7.